The summed E-state index contributed by atoms with van der Waals surface area (Å²) in [6.45, 7) is 2.38. The van der Waals surface area contributed by atoms with E-state index >= 15 is 0 Å². The van der Waals surface area contributed by atoms with Crippen LogP contribution in [0.1, 0.15) is 46.4 Å². The van der Waals surface area contributed by atoms with E-state index in [2.05, 4.69) is 6.07 Å². The highest BCUT2D eigenvalue weighted by Crippen LogP contribution is 2.31. The number of para-hydroxylation sites is 1. The molecule has 5 rings (SSSR count). The molecule has 0 aliphatic carbocycles. The van der Waals surface area contributed by atoms with Crippen molar-refractivity contribution in [1.82, 2.24) is 14.4 Å². The molecule has 3 amide bonds. The summed E-state index contributed by atoms with van der Waals surface area (Å²) in [5, 5.41) is 1.09. The minimum atomic E-state index is -0.221. The smallest absolute Gasteiger partial charge is 0.261 e. The Morgan fingerprint density at radius 2 is 1.48 bits per heavy atom. The molecular formula is C26H27N3O3S. The molecule has 0 atom stereocenters. The molecule has 0 bridgehead atoms. The number of thioether (sulfide) groups is 1. The monoisotopic (exact) mass is 461 g/mol. The highest BCUT2D eigenvalue weighted by atomic mass is 32.2. The number of fused-ring (bicyclic) bond motifs is 2. The zero-order valence-corrected chi connectivity index (χ0v) is 19.4. The molecule has 1 saturated heterocycles. The molecule has 0 spiro atoms. The van der Waals surface area contributed by atoms with Crippen molar-refractivity contribution in [2.45, 2.75) is 37.1 Å². The van der Waals surface area contributed by atoms with E-state index in [1.54, 1.807) is 36.0 Å². The minimum Gasteiger partial charge on any atom is -0.341 e. The number of carbonyl (C=O) groups excluding carboxylic acids is 3. The van der Waals surface area contributed by atoms with Gasteiger partial charge in [0.15, 0.2) is 0 Å². The molecule has 170 valence electrons. The van der Waals surface area contributed by atoms with E-state index in [-0.39, 0.29) is 17.7 Å². The topological polar surface area (TPSA) is 62.6 Å². The van der Waals surface area contributed by atoms with Crippen LogP contribution in [-0.4, -0.2) is 57.5 Å². The van der Waals surface area contributed by atoms with Crippen molar-refractivity contribution >= 4 is 40.4 Å². The number of imide groups is 1. The van der Waals surface area contributed by atoms with Gasteiger partial charge < -0.3 is 9.47 Å². The van der Waals surface area contributed by atoms with Crippen LogP contribution in [0, 0.1) is 0 Å². The van der Waals surface area contributed by atoms with Crippen LogP contribution in [0.2, 0.25) is 0 Å². The predicted molar refractivity (Wildman–Crippen MR) is 130 cm³/mol. The van der Waals surface area contributed by atoms with Crippen molar-refractivity contribution in [3.05, 3.63) is 65.9 Å². The first-order chi connectivity index (χ1) is 16.1. The Kier molecular flexibility index (Phi) is 6.22. The number of benzene rings is 2. The molecular weight excluding hydrogens is 434 g/mol. The summed E-state index contributed by atoms with van der Waals surface area (Å²) in [6.07, 6.45) is 6.59. The third-order valence-electron chi connectivity index (χ3n) is 6.47. The molecule has 0 saturated carbocycles. The molecule has 2 aliphatic heterocycles. The van der Waals surface area contributed by atoms with Gasteiger partial charge in [0.1, 0.15) is 6.54 Å². The molecule has 1 aromatic heterocycles. The maximum absolute atomic E-state index is 13.0. The third kappa shape index (κ3) is 4.29. The van der Waals surface area contributed by atoms with E-state index < -0.39 is 0 Å². The van der Waals surface area contributed by atoms with Gasteiger partial charge in [-0.15, -0.1) is 11.8 Å². The fourth-order valence-electron chi connectivity index (χ4n) is 4.71. The average molecular weight is 462 g/mol. The van der Waals surface area contributed by atoms with Crippen LogP contribution in [-0.2, 0) is 11.3 Å². The second-order valence-corrected chi connectivity index (χ2v) is 9.73. The van der Waals surface area contributed by atoms with Crippen LogP contribution in [0.5, 0.6) is 0 Å². The largest absolute Gasteiger partial charge is 0.341 e. The van der Waals surface area contributed by atoms with Crippen LogP contribution in [0.15, 0.2) is 59.6 Å². The Morgan fingerprint density at radius 1 is 0.848 bits per heavy atom. The van der Waals surface area contributed by atoms with Crippen LogP contribution in [0.3, 0.4) is 0 Å². The highest BCUT2D eigenvalue weighted by molar-refractivity contribution is 7.99. The number of rotatable bonds is 6. The summed E-state index contributed by atoms with van der Waals surface area (Å²) in [5.74, 6) is 0.322. The van der Waals surface area contributed by atoms with Gasteiger partial charge >= 0.3 is 0 Å². The van der Waals surface area contributed by atoms with Crippen LogP contribution >= 0.6 is 11.8 Å². The maximum atomic E-state index is 13.0. The maximum Gasteiger partial charge on any atom is 0.261 e. The fraction of sp³-hybridized carbons (Fsp3) is 0.346. The second-order valence-electron chi connectivity index (χ2n) is 8.59. The van der Waals surface area contributed by atoms with Crippen LogP contribution in [0.4, 0.5) is 0 Å². The van der Waals surface area contributed by atoms with E-state index in [1.807, 2.05) is 33.9 Å². The molecule has 1 fully saturated rings. The number of amides is 3. The SMILES string of the molecule is O=C(Cn1cc(SCCN2C(=O)c3ccccc3C2=O)c2ccccc21)N1CCCCCC1. The highest BCUT2D eigenvalue weighted by Gasteiger charge is 2.34. The zero-order chi connectivity index (χ0) is 22.8. The van der Waals surface area contributed by atoms with Crippen molar-refractivity contribution < 1.29 is 14.4 Å². The van der Waals surface area contributed by atoms with Gasteiger partial charge in [0, 0.05) is 47.4 Å². The minimum absolute atomic E-state index is 0.167. The van der Waals surface area contributed by atoms with Gasteiger partial charge in [0.05, 0.1) is 11.1 Å². The molecule has 2 aromatic carbocycles. The van der Waals surface area contributed by atoms with Crippen LogP contribution in [0.25, 0.3) is 10.9 Å². The normalized spacial score (nSPS) is 16.4. The Balaban J connectivity index is 1.28. The van der Waals surface area contributed by atoms with Gasteiger partial charge in [0.2, 0.25) is 5.91 Å². The van der Waals surface area contributed by atoms with Gasteiger partial charge in [-0.05, 0) is 31.0 Å². The number of nitrogens with zero attached hydrogens (tertiary/aromatic N) is 3. The summed E-state index contributed by atoms with van der Waals surface area (Å²) >= 11 is 1.61. The van der Waals surface area contributed by atoms with Crippen LogP contribution < -0.4 is 0 Å². The lowest BCUT2D eigenvalue weighted by Gasteiger charge is -2.20. The lowest BCUT2D eigenvalue weighted by atomic mass is 10.1. The van der Waals surface area contributed by atoms with Crippen molar-refractivity contribution in [3.8, 4) is 0 Å². The van der Waals surface area contributed by atoms with Crippen molar-refractivity contribution in [3.63, 3.8) is 0 Å². The molecule has 7 heteroatoms. The summed E-state index contributed by atoms with van der Waals surface area (Å²) in [4.78, 5) is 42.6. The van der Waals surface area contributed by atoms with E-state index in [0.717, 1.165) is 41.7 Å². The Morgan fingerprint density at radius 3 is 2.18 bits per heavy atom. The third-order valence-corrected chi connectivity index (χ3v) is 7.49. The first-order valence-electron chi connectivity index (χ1n) is 11.6. The first kappa shape index (κ1) is 21.8. The lowest BCUT2D eigenvalue weighted by Crippen LogP contribution is -2.34. The predicted octanol–water partition coefficient (Wildman–Crippen LogP) is 4.43. The number of aromatic nitrogens is 1. The Hall–Kier alpha value is -3.06. The molecule has 0 radical (unpaired) electrons. The van der Waals surface area contributed by atoms with E-state index in [9.17, 15) is 14.4 Å². The molecule has 6 nitrogen and oxygen atoms in total. The summed E-state index contributed by atoms with van der Waals surface area (Å²) in [5.41, 5.74) is 2.00. The van der Waals surface area contributed by atoms with Gasteiger partial charge in [0.25, 0.3) is 11.8 Å². The fourth-order valence-corrected chi connectivity index (χ4v) is 5.74. The molecule has 33 heavy (non-hydrogen) atoms. The number of hydrogen-bond donors (Lipinski definition) is 0. The van der Waals surface area contributed by atoms with E-state index in [4.69, 9.17) is 0 Å². The van der Waals surface area contributed by atoms with Gasteiger partial charge in [-0.2, -0.15) is 0 Å². The first-order valence-corrected chi connectivity index (χ1v) is 12.6. The lowest BCUT2D eigenvalue weighted by molar-refractivity contribution is -0.131. The molecule has 3 heterocycles. The van der Waals surface area contributed by atoms with E-state index in [0.29, 0.717) is 30.0 Å². The van der Waals surface area contributed by atoms with Gasteiger partial charge in [-0.25, -0.2) is 0 Å². The Labute approximate surface area is 197 Å². The number of hydrogen-bond acceptors (Lipinski definition) is 4. The summed E-state index contributed by atoms with van der Waals surface area (Å²) in [7, 11) is 0. The van der Waals surface area contributed by atoms with Gasteiger partial charge in [-0.1, -0.05) is 43.2 Å². The van der Waals surface area contributed by atoms with Crippen molar-refractivity contribution in [2.75, 3.05) is 25.4 Å². The summed E-state index contributed by atoms with van der Waals surface area (Å²) < 4.78 is 2.03. The zero-order valence-electron chi connectivity index (χ0n) is 18.5. The average Bonchev–Trinajstić information content (AvgIpc) is 3.13. The van der Waals surface area contributed by atoms with E-state index in [1.165, 1.54) is 17.7 Å². The summed E-state index contributed by atoms with van der Waals surface area (Å²) in [6, 6.07) is 15.1. The molecule has 0 N–H and O–H groups in total. The van der Waals surface area contributed by atoms with Crippen molar-refractivity contribution in [2.24, 2.45) is 0 Å². The molecule has 0 unspecified atom stereocenters. The Bertz CT molecular complexity index is 1180. The molecule has 3 aromatic rings. The second kappa shape index (κ2) is 9.43. The standard InChI is InChI=1S/C26H27N3O3S/c30-24(27-13-7-1-2-8-14-27)18-28-17-23(21-11-5-6-12-22(21)28)33-16-15-29-25(31)19-9-3-4-10-20(19)26(29)32/h3-6,9-12,17H,1-2,7-8,13-16,18H2. The quantitative estimate of drug-likeness (QED) is 0.402. The number of carbonyl (C=O) groups is 3. The van der Waals surface area contributed by atoms with Gasteiger partial charge in [-0.3, -0.25) is 19.3 Å². The number of likely N-dealkylation sites (tertiary alicyclic amines) is 1. The van der Waals surface area contributed by atoms with Crippen molar-refractivity contribution in [1.29, 1.82) is 0 Å². The molecule has 2 aliphatic rings.